The van der Waals surface area contributed by atoms with Gasteiger partial charge in [-0.25, -0.2) is 4.68 Å². The Morgan fingerprint density at radius 3 is 2.87 bits per heavy atom. The normalized spacial score (nSPS) is 11.6. The topological polar surface area (TPSA) is 89.3 Å². The summed E-state index contributed by atoms with van der Waals surface area (Å²) in [5.74, 6) is -0.0120. The Morgan fingerprint density at radius 1 is 1.47 bits per heavy atom. The van der Waals surface area contributed by atoms with Crippen LogP contribution in [0.25, 0.3) is 5.69 Å². The lowest BCUT2D eigenvalue weighted by molar-refractivity contribution is 0.318. The molecule has 2 rings (SSSR count). The number of nitrogens with two attached hydrogens (primary N) is 1. The van der Waals surface area contributed by atoms with E-state index in [0.717, 1.165) is 5.69 Å². The molecule has 0 spiro atoms. The van der Waals surface area contributed by atoms with Gasteiger partial charge in [0.2, 0.25) is 0 Å². The lowest BCUT2D eigenvalue weighted by atomic mass is 10.3. The average Bonchev–Trinajstić information content (AvgIpc) is 2.82. The minimum Gasteiger partial charge on any atom is -0.409 e. The van der Waals surface area contributed by atoms with Crippen molar-refractivity contribution in [3.05, 3.63) is 42.5 Å². The molecule has 3 N–H and O–H groups in total. The van der Waals surface area contributed by atoms with E-state index in [9.17, 15) is 0 Å². The highest BCUT2D eigenvalue weighted by Gasteiger charge is 2.01. The van der Waals surface area contributed by atoms with Crippen LogP contribution in [0.15, 0.2) is 41.9 Å². The second-order valence-electron chi connectivity index (χ2n) is 2.84. The van der Waals surface area contributed by atoms with E-state index in [1.807, 2.05) is 6.07 Å². The smallest absolute Gasteiger partial charge is 0.188 e. The number of aromatic nitrogens is 3. The van der Waals surface area contributed by atoms with Crippen LogP contribution in [-0.4, -0.2) is 25.8 Å². The van der Waals surface area contributed by atoms with Gasteiger partial charge in [0.1, 0.15) is 5.69 Å². The molecule has 0 saturated carbocycles. The molecule has 0 aliphatic heterocycles. The summed E-state index contributed by atoms with van der Waals surface area (Å²) in [4.78, 5) is 4.03. The SMILES string of the molecule is N/C(=N/O)c1ccc(-n2cccn2)cn1. The molecular formula is C9H9N5O. The molecule has 6 nitrogen and oxygen atoms in total. The minimum atomic E-state index is -0.0120. The van der Waals surface area contributed by atoms with Gasteiger partial charge in [0.25, 0.3) is 0 Å². The number of amidine groups is 1. The fraction of sp³-hybridized carbons (Fsp3) is 0. The zero-order valence-electron chi connectivity index (χ0n) is 7.78. The van der Waals surface area contributed by atoms with Gasteiger partial charge in [-0.1, -0.05) is 5.16 Å². The van der Waals surface area contributed by atoms with Crippen molar-refractivity contribution in [1.29, 1.82) is 0 Å². The summed E-state index contributed by atoms with van der Waals surface area (Å²) < 4.78 is 1.67. The molecular weight excluding hydrogens is 194 g/mol. The van der Waals surface area contributed by atoms with Gasteiger partial charge < -0.3 is 10.9 Å². The summed E-state index contributed by atoms with van der Waals surface area (Å²) in [5.41, 5.74) is 6.62. The van der Waals surface area contributed by atoms with Gasteiger partial charge in [-0.15, -0.1) is 0 Å². The van der Waals surface area contributed by atoms with Crippen molar-refractivity contribution in [1.82, 2.24) is 14.8 Å². The molecule has 0 fully saturated rings. The Morgan fingerprint density at radius 2 is 2.33 bits per heavy atom. The standard InChI is InChI=1S/C9H9N5O/c10-9(13-15)8-3-2-7(6-11-8)14-5-1-4-12-14/h1-6,15H,(H2,10,13). The monoisotopic (exact) mass is 203 g/mol. The molecule has 0 unspecified atom stereocenters. The summed E-state index contributed by atoms with van der Waals surface area (Å²) in [6.45, 7) is 0. The van der Waals surface area contributed by atoms with Gasteiger partial charge in [0, 0.05) is 12.4 Å². The van der Waals surface area contributed by atoms with Crippen molar-refractivity contribution in [2.75, 3.05) is 0 Å². The Kier molecular flexibility index (Phi) is 2.32. The number of hydrogen-bond acceptors (Lipinski definition) is 4. The van der Waals surface area contributed by atoms with Crippen molar-refractivity contribution in [2.24, 2.45) is 10.9 Å². The quantitative estimate of drug-likeness (QED) is 0.319. The summed E-state index contributed by atoms with van der Waals surface area (Å²) in [6.07, 6.45) is 5.08. The van der Waals surface area contributed by atoms with Crippen molar-refractivity contribution in [3.63, 3.8) is 0 Å². The van der Waals surface area contributed by atoms with Crippen LogP contribution in [-0.2, 0) is 0 Å². The third kappa shape index (κ3) is 1.78. The maximum Gasteiger partial charge on any atom is 0.188 e. The molecule has 0 aliphatic carbocycles. The molecule has 0 aliphatic rings. The molecule has 0 amide bonds. The molecule has 0 radical (unpaired) electrons. The lowest BCUT2D eigenvalue weighted by Crippen LogP contribution is -2.14. The number of rotatable bonds is 2. The Bertz CT molecular complexity index is 460. The van der Waals surface area contributed by atoms with Gasteiger partial charge >= 0.3 is 0 Å². The predicted molar refractivity (Wildman–Crippen MR) is 53.9 cm³/mol. The molecule has 2 aromatic rings. The van der Waals surface area contributed by atoms with Crippen molar-refractivity contribution >= 4 is 5.84 Å². The number of oxime groups is 1. The van der Waals surface area contributed by atoms with E-state index in [0.29, 0.717) is 5.69 Å². The van der Waals surface area contributed by atoms with Crippen LogP contribution in [0.1, 0.15) is 5.69 Å². The Balaban J connectivity index is 2.33. The van der Waals surface area contributed by atoms with Crippen molar-refractivity contribution < 1.29 is 5.21 Å². The summed E-state index contributed by atoms with van der Waals surface area (Å²) in [6, 6.07) is 5.26. The van der Waals surface area contributed by atoms with Crippen LogP contribution in [0.4, 0.5) is 0 Å². The van der Waals surface area contributed by atoms with E-state index in [1.54, 1.807) is 35.4 Å². The molecule has 15 heavy (non-hydrogen) atoms. The average molecular weight is 203 g/mol. The first-order valence-corrected chi connectivity index (χ1v) is 4.25. The highest BCUT2D eigenvalue weighted by Crippen LogP contribution is 2.04. The van der Waals surface area contributed by atoms with Crippen LogP contribution < -0.4 is 5.73 Å². The highest BCUT2D eigenvalue weighted by molar-refractivity contribution is 5.95. The van der Waals surface area contributed by atoms with Crippen LogP contribution in [0.2, 0.25) is 0 Å². The van der Waals surface area contributed by atoms with Crippen LogP contribution in [0.3, 0.4) is 0 Å². The fourth-order valence-corrected chi connectivity index (χ4v) is 1.15. The van der Waals surface area contributed by atoms with Crippen molar-refractivity contribution in [3.8, 4) is 5.69 Å². The Labute approximate surface area is 85.7 Å². The largest absolute Gasteiger partial charge is 0.409 e. The van der Waals surface area contributed by atoms with Gasteiger partial charge in [-0.2, -0.15) is 5.10 Å². The van der Waals surface area contributed by atoms with Crippen LogP contribution in [0, 0.1) is 0 Å². The minimum absolute atomic E-state index is 0.0120. The second kappa shape index (κ2) is 3.79. The van der Waals surface area contributed by atoms with Crippen molar-refractivity contribution in [2.45, 2.75) is 0 Å². The van der Waals surface area contributed by atoms with E-state index < -0.39 is 0 Å². The Hall–Kier alpha value is -2.37. The molecule has 2 aromatic heterocycles. The van der Waals surface area contributed by atoms with Gasteiger partial charge in [0.15, 0.2) is 5.84 Å². The molecule has 2 heterocycles. The second-order valence-corrected chi connectivity index (χ2v) is 2.84. The maximum atomic E-state index is 8.45. The van der Waals surface area contributed by atoms with Gasteiger partial charge in [0.05, 0.1) is 11.9 Å². The number of nitrogens with zero attached hydrogens (tertiary/aromatic N) is 4. The first-order valence-electron chi connectivity index (χ1n) is 4.25. The predicted octanol–water partition coefficient (Wildman–Crippen LogP) is 0.362. The van der Waals surface area contributed by atoms with Gasteiger partial charge in [-0.3, -0.25) is 4.98 Å². The molecule has 76 valence electrons. The number of hydrogen-bond donors (Lipinski definition) is 2. The molecule has 0 bridgehead atoms. The van der Waals surface area contributed by atoms with Crippen LogP contribution in [0.5, 0.6) is 0 Å². The zero-order valence-corrected chi connectivity index (χ0v) is 7.78. The van der Waals surface area contributed by atoms with Crippen LogP contribution >= 0.6 is 0 Å². The third-order valence-corrected chi connectivity index (χ3v) is 1.89. The molecule has 6 heteroatoms. The first kappa shape index (κ1) is 9.20. The van der Waals surface area contributed by atoms with Gasteiger partial charge in [-0.05, 0) is 18.2 Å². The third-order valence-electron chi connectivity index (χ3n) is 1.89. The van der Waals surface area contributed by atoms with E-state index in [1.165, 1.54) is 0 Å². The summed E-state index contributed by atoms with van der Waals surface area (Å²) in [5, 5.41) is 15.4. The van der Waals surface area contributed by atoms with E-state index in [-0.39, 0.29) is 5.84 Å². The zero-order chi connectivity index (χ0) is 10.7. The van der Waals surface area contributed by atoms with E-state index in [2.05, 4.69) is 15.2 Å². The molecule has 0 saturated heterocycles. The fourth-order valence-electron chi connectivity index (χ4n) is 1.15. The molecule has 0 atom stereocenters. The maximum absolute atomic E-state index is 8.45. The van der Waals surface area contributed by atoms with E-state index in [4.69, 9.17) is 10.9 Å². The highest BCUT2D eigenvalue weighted by atomic mass is 16.4. The number of pyridine rings is 1. The summed E-state index contributed by atoms with van der Waals surface area (Å²) in [7, 11) is 0. The first-order chi connectivity index (χ1) is 7.31. The lowest BCUT2D eigenvalue weighted by Gasteiger charge is -2.01. The van der Waals surface area contributed by atoms with E-state index >= 15 is 0 Å². The molecule has 0 aromatic carbocycles. The summed E-state index contributed by atoms with van der Waals surface area (Å²) >= 11 is 0.